The fraction of sp³-hybridized carbons (Fsp3) is 0.214. The van der Waals surface area contributed by atoms with Crippen molar-refractivity contribution in [3.8, 4) is 0 Å². The Morgan fingerprint density at radius 3 is 2.89 bits per heavy atom. The lowest BCUT2D eigenvalue weighted by molar-refractivity contribution is 0.822. The highest BCUT2D eigenvalue weighted by atomic mass is 32.2. The topological polar surface area (TPSA) is 43.1 Å². The van der Waals surface area contributed by atoms with Crippen LogP contribution in [0.15, 0.2) is 46.6 Å². The number of hydrogen-bond acceptors (Lipinski definition) is 4. The minimum absolute atomic E-state index is 0.662. The van der Waals surface area contributed by atoms with Gasteiger partial charge in [0.2, 0.25) is 0 Å². The Bertz CT molecular complexity index is 720. The lowest BCUT2D eigenvalue weighted by atomic mass is 10.2. The smallest absolute Gasteiger partial charge is 0.216 e. The molecule has 1 aromatic carbocycles. The van der Waals surface area contributed by atoms with Gasteiger partial charge in [0.1, 0.15) is 11.4 Å². The molecule has 0 N–H and O–H groups in total. The maximum Gasteiger partial charge on any atom is 0.253 e. The molecule has 0 aliphatic carbocycles. The summed E-state index contributed by atoms with van der Waals surface area (Å²) >= 11 is 1.70. The van der Waals surface area contributed by atoms with E-state index < -0.39 is 0 Å². The summed E-state index contributed by atoms with van der Waals surface area (Å²) in [4.78, 5) is 9.86. The van der Waals surface area contributed by atoms with Crippen molar-refractivity contribution in [1.82, 2.24) is 19.6 Å². The van der Waals surface area contributed by atoms with Crippen LogP contribution in [0, 0.1) is 6.92 Å². The number of aromatic nitrogens is 4. The molecule has 5 heteroatoms. The molecule has 0 amide bonds. The van der Waals surface area contributed by atoms with Gasteiger partial charge in [-0.2, -0.15) is 14.6 Å². The van der Waals surface area contributed by atoms with Gasteiger partial charge in [0, 0.05) is 10.6 Å². The van der Waals surface area contributed by atoms with Gasteiger partial charge in [-0.25, -0.2) is 4.98 Å². The first-order chi connectivity index (χ1) is 9.28. The van der Waals surface area contributed by atoms with E-state index in [1.807, 2.05) is 0 Å². The van der Waals surface area contributed by atoms with Gasteiger partial charge in [-0.05, 0) is 31.0 Å². The molecule has 4 nitrogen and oxygen atoms in total. The van der Waals surface area contributed by atoms with Crippen LogP contribution >= 0.6 is 11.8 Å². The Morgan fingerprint density at radius 2 is 2.11 bits per heavy atom. The average molecular weight is 270 g/mol. The number of fused-ring (bicyclic) bond motifs is 1. The van der Waals surface area contributed by atoms with Crippen molar-refractivity contribution in [3.63, 3.8) is 0 Å². The van der Waals surface area contributed by atoms with E-state index in [9.17, 15) is 0 Å². The van der Waals surface area contributed by atoms with E-state index in [0.717, 1.165) is 17.1 Å². The molecular weight excluding hydrogens is 256 g/mol. The van der Waals surface area contributed by atoms with Gasteiger partial charge in [-0.15, -0.1) is 0 Å². The van der Waals surface area contributed by atoms with E-state index in [2.05, 4.69) is 59.2 Å². The number of benzene rings is 1. The predicted molar refractivity (Wildman–Crippen MR) is 75.5 cm³/mol. The first-order valence-corrected chi connectivity index (χ1v) is 7.02. The number of hydrogen-bond donors (Lipinski definition) is 0. The summed E-state index contributed by atoms with van der Waals surface area (Å²) in [5.41, 5.74) is 2.30. The fourth-order valence-corrected chi connectivity index (χ4v) is 2.88. The van der Waals surface area contributed by atoms with Crippen molar-refractivity contribution in [2.24, 2.45) is 0 Å². The van der Waals surface area contributed by atoms with Gasteiger partial charge < -0.3 is 0 Å². The Kier molecular flexibility index (Phi) is 3.21. The Balaban J connectivity index is 2.09. The highest BCUT2D eigenvalue weighted by molar-refractivity contribution is 7.99. The van der Waals surface area contributed by atoms with Crippen LogP contribution in [0.5, 0.6) is 0 Å². The molecule has 2 aromatic heterocycles. The molecule has 0 saturated carbocycles. The largest absolute Gasteiger partial charge is 0.253 e. The summed E-state index contributed by atoms with van der Waals surface area (Å²) in [5.74, 6) is 0.662. The van der Waals surface area contributed by atoms with Crippen LogP contribution in [0.4, 0.5) is 0 Å². The lowest BCUT2D eigenvalue weighted by Gasteiger charge is -2.07. The van der Waals surface area contributed by atoms with Gasteiger partial charge in [-0.3, -0.25) is 0 Å². The van der Waals surface area contributed by atoms with Crippen molar-refractivity contribution >= 4 is 17.5 Å². The normalized spacial score (nSPS) is 11.1. The van der Waals surface area contributed by atoms with Gasteiger partial charge >= 0.3 is 0 Å². The van der Waals surface area contributed by atoms with E-state index >= 15 is 0 Å². The number of aryl methyl sites for hydroxylation is 2. The molecule has 0 saturated heterocycles. The summed E-state index contributed by atoms with van der Waals surface area (Å²) in [6, 6.07) is 10.4. The molecule has 19 heavy (non-hydrogen) atoms. The zero-order chi connectivity index (χ0) is 13.2. The van der Waals surface area contributed by atoms with Crippen LogP contribution in [0.2, 0.25) is 0 Å². The molecule has 0 aliphatic rings. The third kappa shape index (κ3) is 2.33. The second-order valence-corrected chi connectivity index (χ2v) is 5.34. The lowest BCUT2D eigenvalue weighted by Crippen LogP contribution is -1.99. The molecule has 0 bridgehead atoms. The van der Waals surface area contributed by atoms with Crippen LogP contribution in [0.1, 0.15) is 18.2 Å². The summed E-state index contributed by atoms with van der Waals surface area (Å²) in [5, 5.41) is 5.29. The maximum absolute atomic E-state index is 4.45. The summed E-state index contributed by atoms with van der Waals surface area (Å²) in [6.45, 7) is 4.21. The molecular formula is C14H14N4S. The first kappa shape index (κ1) is 12.2. The van der Waals surface area contributed by atoms with Crippen LogP contribution in [-0.4, -0.2) is 19.6 Å². The van der Waals surface area contributed by atoms with E-state index in [-0.39, 0.29) is 0 Å². The van der Waals surface area contributed by atoms with Gasteiger partial charge in [0.25, 0.3) is 5.78 Å². The molecule has 0 aliphatic heterocycles. The molecule has 0 spiro atoms. The van der Waals surface area contributed by atoms with Crippen LogP contribution in [0.25, 0.3) is 5.78 Å². The second-order valence-electron chi connectivity index (χ2n) is 4.28. The number of nitrogens with zero attached hydrogens (tertiary/aromatic N) is 4. The molecule has 3 rings (SSSR count). The molecule has 0 atom stereocenters. The Labute approximate surface area is 115 Å². The van der Waals surface area contributed by atoms with Crippen molar-refractivity contribution in [2.75, 3.05) is 0 Å². The van der Waals surface area contributed by atoms with E-state index in [1.165, 1.54) is 10.5 Å². The summed E-state index contributed by atoms with van der Waals surface area (Å²) in [6.07, 6.45) is 2.44. The Morgan fingerprint density at radius 1 is 1.26 bits per heavy atom. The third-order valence-corrected chi connectivity index (χ3v) is 4.12. The van der Waals surface area contributed by atoms with Crippen LogP contribution in [-0.2, 0) is 6.42 Å². The van der Waals surface area contributed by atoms with Crippen LogP contribution in [0.3, 0.4) is 0 Å². The summed E-state index contributed by atoms with van der Waals surface area (Å²) < 4.78 is 1.79. The second kappa shape index (κ2) is 5.01. The SMILES string of the molecule is CCc1cc(Sc2ccccc2C)n2ncnc2n1. The molecule has 3 aromatic rings. The molecule has 0 unspecified atom stereocenters. The van der Waals surface area contributed by atoms with Crippen molar-refractivity contribution < 1.29 is 0 Å². The van der Waals surface area contributed by atoms with E-state index in [0.29, 0.717) is 5.78 Å². The molecule has 0 radical (unpaired) electrons. The first-order valence-electron chi connectivity index (χ1n) is 6.21. The van der Waals surface area contributed by atoms with Gasteiger partial charge in [0.05, 0.1) is 0 Å². The fourth-order valence-electron chi connectivity index (χ4n) is 1.87. The highest BCUT2D eigenvalue weighted by Gasteiger charge is 2.09. The van der Waals surface area contributed by atoms with E-state index in [4.69, 9.17) is 0 Å². The molecule has 96 valence electrons. The zero-order valence-corrected chi connectivity index (χ0v) is 11.7. The van der Waals surface area contributed by atoms with Gasteiger partial charge in [0.15, 0.2) is 0 Å². The monoisotopic (exact) mass is 270 g/mol. The van der Waals surface area contributed by atoms with Gasteiger partial charge in [-0.1, -0.05) is 36.9 Å². The standard InChI is InChI=1S/C14H14N4S/c1-3-11-8-13(18-14(17-11)15-9-16-18)19-12-7-5-4-6-10(12)2/h4-9H,3H2,1-2H3. The molecule has 2 heterocycles. The van der Waals surface area contributed by atoms with E-state index in [1.54, 1.807) is 22.6 Å². The minimum atomic E-state index is 0.662. The Hall–Kier alpha value is -1.88. The quantitative estimate of drug-likeness (QED) is 0.686. The molecule has 0 fully saturated rings. The predicted octanol–water partition coefficient (Wildman–Crippen LogP) is 3.15. The van der Waals surface area contributed by atoms with Crippen molar-refractivity contribution in [2.45, 2.75) is 30.2 Å². The van der Waals surface area contributed by atoms with Crippen molar-refractivity contribution in [3.05, 3.63) is 47.9 Å². The van der Waals surface area contributed by atoms with Crippen LogP contribution < -0.4 is 0 Å². The summed E-state index contributed by atoms with van der Waals surface area (Å²) in [7, 11) is 0. The average Bonchev–Trinajstić information content (AvgIpc) is 2.89. The third-order valence-electron chi connectivity index (χ3n) is 2.94. The zero-order valence-electron chi connectivity index (χ0n) is 10.9. The minimum Gasteiger partial charge on any atom is -0.216 e. The van der Waals surface area contributed by atoms with Crippen molar-refractivity contribution in [1.29, 1.82) is 0 Å². The highest BCUT2D eigenvalue weighted by Crippen LogP contribution is 2.30. The number of rotatable bonds is 3. The maximum atomic E-state index is 4.45.